The van der Waals surface area contributed by atoms with Crippen molar-refractivity contribution in [1.82, 2.24) is 0 Å². The number of rotatable bonds is 3. The van der Waals surface area contributed by atoms with E-state index in [9.17, 15) is 4.79 Å². The monoisotopic (exact) mass is 418 g/mol. The molecule has 0 aliphatic carbocycles. The Balaban J connectivity index is 1.70. The molecular weight excluding hydrogens is 404 g/mol. The number of nitrogens with zero attached hydrogens (tertiary/aromatic N) is 2. The van der Waals surface area contributed by atoms with Crippen molar-refractivity contribution in [3.63, 3.8) is 0 Å². The molecule has 0 saturated carbocycles. The van der Waals surface area contributed by atoms with Gasteiger partial charge in [-0.25, -0.2) is 4.99 Å². The van der Waals surface area contributed by atoms with E-state index in [4.69, 9.17) is 16.0 Å². The minimum absolute atomic E-state index is 0.214. The Morgan fingerprint density at radius 3 is 2.59 bits per heavy atom. The minimum Gasteiger partial charge on any atom is -0.465 e. The van der Waals surface area contributed by atoms with Gasteiger partial charge < -0.3 is 4.42 Å². The zero-order valence-electron chi connectivity index (χ0n) is 15.4. The van der Waals surface area contributed by atoms with Gasteiger partial charge in [0.1, 0.15) is 11.5 Å². The summed E-state index contributed by atoms with van der Waals surface area (Å²) in [5.41, 5.74) is 2.17. The normalized spacial score (nSPS) is 15.5. The molecule has 1 aliphatic rings. The fourth-order valence-electron chi connectivity index (χ4n) is 3.27. The first-order chi connectivity index (χ1) is 14.1. The van der Waals surface area contributed by atoms with Crippen molar-refractivity contribution >= 4 is 56.5 Å². The third kappa shape index (κ3) is 3.09. The molecule has 0 bridgehead atoms. The van der Waals surface area contributed by atoms with Gasteiger partial charge in [-0.15, -0.1) is 11.3 Å². The first-order valence-corrected chi connectivity index (χ1v) is 10.2. The molecule has 6 heteroatoms. The molecule has 29 heavy (non-hydrogen) atoms. The Bertz CT molecular complexity index is 1280. The molecule has 0 saturated heterocycles. The number of halogens is 1. The van der Waals surface area contributed by atoms with Gasteiger partial charge >= 0.3 is 0 Å². The predicted octanol–water partition coefficient (Wildman–Crippen LogP) is 6.29. The van der Waals surface area contributed by atoms with E-state index in [1.807, 2.05) is 55.5 Å². The highest BCUT2D eigenvalue weighted by Crippen LogP contribution is 2.39. The number of aliphatic imine (C=N–C) groups is 1. The highest BCUT2D eigenvalue weighted by Gasteiger charge is 2.35. The Labute approximate surface area is 176 Å². The van der Waals surface area contributed by atoms with Crippen molar-refractivity contribution in [2.75, 3.05) is 4.90 Å². The van der Waals surface area contributed by atoms with Crippen LogP contribution < -0.4 is 4.90 Å². The topological polar surface area (TPSA) is 45.8 Å². The third-order valence-corrected chi connectivity index (χ3v) is 6.38. The van der Waals surface area contributed by atoms with Crippen LogP contribution in [-0.2, 0) is 4.79 Å². The van der Waals surface area contributed by atoms with Gasteiger partial charge in [-0.1, -0.05) is 47.5 Å². The van der Waals surface area contributed by atoms with E-state index < -0.39 is 0 Å². The van der Waals surface area contributed by atoms with Gasteiger partial charge in [0, 0.05) is 16.2 Å². The Hall–Kier alpha value is -3.15. The van der Waals surface area contributed by atoms with Crippen molar-refractivity contribution in [1.29, 1.82) is 0 Å². The largest absolute Gasteiger partial charge is 0.465 e. The summed E-state index contributed by atoms with van der Waals surface area (Å²) < 4.78 is 6.42. The van der Waals surface area contributed by atoms with Crippen molar-refractivity contribution in [2.24, 2.45) is 4.99 Å². The van der Waals surface area contributed by atoms with E-state index >= 15 is 0 Å². The van der Waals surface area contributed by atoms with Gasteiger partial charge in [-0.3, -0.25) is 9.69 Å². The van der Waals surface area contributed by atoms with Gasteiger partial charge in [-0.05, 0) is 37.3 Å². The molecule has 0 spiro atoms. The molecule has 0 unspecified atom stereocenters. The molecule has 142 valence electrons. The predicted molar refractivity (Wildman–Crippen MR) is 119 cm³/mol. The number of benzene rings is 2. The van der Waals surface area contributed by atoms with Crippen molar-refractivity contribution < 1.29 is 9.21 Å². The number of hydrogen-bond donors (Lipinski definition) is 0. The maximum absolute atomic E-state index is 13.3. The van der Waals surface area contributed by atoms with E-state index in [2.05, 4.69) is 4.99 Å². The number of furan rings is 1. The second-order valence-corrected chi connectivity index (χ2v) is 8.13. The third-order valence-electron chi connectivity index (χ3n) is 4.71. The highest BCUT2D eigenvalue weighted by atomic mass is 35.5. The molecule has 1 amide bonds. The Morgan fingerprint density at radius 1 is 1.07 bits per heavy atom. The van der Waals surface area contributed by atoms with Crippen LogP contribution in [0.5, 0.6) is 0 Å². The molecule has 1 aliphatic heterocycles. The first kappa shape index (κ1) is 17.9. The Morgan fingerprint density at radius 2 is 1.86 bits per heavy atom. The summed E-state index contributed by atoms with van der Waals surface area (Å²) in [6, 6.07) is 19.3. The van der Waals surface area contributed by atoms with Crippen LogP contribution in [0.4, 0.5) is 5.69 Å². The van der Waals surface area contributed by atoms with Crippen LogP contribution in [0.3, 0.4) is 0 Å². The van der Waals surface area contributed by atoms with Gasteiger partial charge in [0.05, 0.1) is 21.9 Å². The van der Waals surface area contributed by atoms with E-state index in [0.717, 1.165) is 26.2 Å². The number of thiophene rings is 1. The molecule has 0 radical (unpaired) electrons. The maximum atomic E-state index is 13.3. The number of anilines is 1. The van der Waals surface area contributed by atoms with Crippen LogP contribution in [-0.4, -0.2) is 11.7 Å². The molecule has 4 aromatic rings. The minimum atomic E-state index is -0.214. The van der Waals surface area contributed by atoms with Gasteiger partial charge in [0.25, 0.3) is 5.91 Å². The van der Waals surface area contributed by atoms with Crippen LogP contribution >= 0.6 is 22.9 Å². The zero-order chi connectivity index (χ0) is 20.0. The number of amidine groups is 1. The first-order valence-electron chi connectivity index (χ1n) is 9.04. The number of carbonyl (C=O) groups is 1. The molecule has 2 aromatic heterocycles. The second kappa shape index (κ2) is 7.03. The number of fused-ring (bicyclic) bond motifs is 1. The lowest BCUT2D eigenvalue weighted by atomic mass is 10.2. The average Bonchev–Trinajstić information content (AvgIpc) is 3.43. The fraction of sp³-hybridized carbons (Fsp3) is 0.0435. The summed E-state index contributed by atoms with van der Waals surface area (Å²) >= 11 is 8.23. The smallest absolute Gasteiger partial charge is 0.282 e. The lowest BCUT2D eigenvalue weighted by molar-refractivity contribution is -0.113. The van der Waals surface area contributed by atoms with Gasteiger partial charge in [-0.2, -0.15) is 0 Å². The van der Waals surface area contributed by atoms with Crippen molar-refractivity contribution in [2.45, 2.75) is 6.92 Å². The van der Waals surface area contributed by atoms with Crippen LogP contribution in [0.25, 0.3) is 16.2 Å². The molecule has 0 atom stereocenters. The summed E-state index contributed by atoms with van der Waals surface area (Å²) in [7, 11) is 0. The summed E-state index contributed by atoms with van der Waals surface area (Å²) in [6.45, 7) is 2.01. The van der Waals surface area contributed by atoms with E-state index in [1.54, 1.807) is 29.4 Å². The second-order valence-electron chi connectivity index (χ2n) is 6.70. The summed E-state index contributed by atoms with van der Waals surface area (Å²) in [4.78, 5) is 20.3. The van der Waals surface area contributed by atoms with Crippen LogP contribution in [0, 0.1) is 6.92 Å². The lowest BCUT2D eigenvalue weighted by Crippen LogP contribution is -2.32. The maximum Gasteiger partial charge on any atom is 0.282 e. The quantitative estimate of drug-likeness (QED) is 0.367. The van der Waals surface area contributed by atoms with Crippen molar-refractivity contribution in [3.05, 3.63) is 93.8 Å². The lowest BCUT2D eigenvalue weighted by Gasteiger charge is -2.18. The molecule has 4 nitrogen and oxygen atoms in total. The van der Waals surface area contributed by atoms with Crippen LogP contribution in [0.1, 0.15) is 16.2 Å². The summed E-state index contributed by atoms with van der Waals surface area (Å²) in [5, 5.41) is 1.56. The molecule has 5 rings (SSSR count). The van der Waals surface area contributed by atoms with E-state index in [-0.39, 0.29) is 5.91 Å². The molecule has 0 N–H and O–H groups in total. The SMILES string of the molecule is Cc1ccc(N2C(=O)/C(=C\c3ccco3)N=C2c2sc3ccccc3c2Cl)cc1. The van der Waals surface area contributed by atoms with Gasteiger partial charge in [0.2, 0.25) is 0 Å². The van der Waals surface area contributed by atoms with E-state index in [0.29, 0.717) is 22.3 Å². The number of aryl methyl sites for hydroxylation is 1. The zero-order valence-corrected chi connectivity index (χ0v) is 17.0. The molecular formula is C23H15ClN2O2S. The summed E-state index contributed by atoms with van der Waals surface area (Å²) in [5.74, 6) is 0.890. The fourth-order valence-corrected chi connectivity index (χ4v) is 4.76. The number of carbonyl (C=O) groups excluding carboxylic acids is 1. The average molecular weight is 419 g/mol. The molecule has 2 aromatic carbocycles. The van der Waals surface area contributed by atoms with Crippen LogP contribution in [0.15, 0.2) is 82.0 Å². The number of amides is 1. The number of hydrogen-bond acceptors (Lipinski definition) is 4. The van der Waals surface area contributed by atoms with Crippen molar-refractivity contribution in [3.8, 4) is 0 Å². The molecule has 3 heterocycles. The Kier molecular flexibility index (Phi) is 4.34. The van der Waals surface area contributed by atoms with Gasteiger partial charge in [0.15, 0.2) is 5.84 Å². The molecule has 0 fully saturated rings. The standard InChI is InChI=1S/C23H15ClN2O2S/c1-14-8-10-15(11-9-14)26-22(21-20(24)17-6-2-3-7-19(17)29-21)25-18(23(26)27)13-16-5-4-12-28-16/h2-13H,1H3/b18-13+. The summed E-state index contributed by atoms with van der Waals surface area (Å²) in [6.07, 6.45) is 3.22. The highest BCUT2D eigenvalue weighted by molar-refractivity contribution is 7.21. The van der Waals surface area contributed by atoms with Crippen LogP contribution in [0.2, 0.25) is 5.02 Å². The van der Waals surface area contributed by atoms with E-state index in [1.165, 1.54) is 11.3 Å².